The van der Waals surface area contributed by atoms with E-state index in [0.717, 1.165) is 21.4 Å². The van der Waals surface area contributed by atoms with E-state index in [1.54, 1.807) is 20.2 Å². The average Bonchev–Trinajstić information content (AvgIpc) is 3.78. The minimum Gasteiger partial charge on any atom is -0.481 e. The summed E-state index contributed by atoms with van der Waals surface area (Å²) in [5.74, 6) is -6.65. The second kappa shape index (κ2) is 24.9. The summed E-state index contributed by atoms with van der Waals surface area (Å²) in [5, 5.41) is 29.5. The molecular formula is C51H74N6O11. The summed E-state index contributed by atoms with van der Waals surface area (Å²) in [5.41, 5.74) is 0.668. The predicted molar refractivity (Wildman–Crippen MR) is 258 cm³/mol. The van der Waals surface area contributed by atoms with Crippen LogP contribution in [0.25, 0.3) is 10.9 Å². The molecule has 374 valence electrons. The fourth-order valence-electron chi connectivity index (χ4n) is 8.75. The summed E-state index contributed by atoms with van der Waals surface area (Å²) in [6.07, 6.45) is 7.51. The number of ketones is 2. The Morgan fingerprint density at radius 3 is 1.99 bits per heavy atom. The van der Waals surface area contributed by atoms with Gasteiger partial charge in [0.05, 0.1) is 18.0 Å². The molecule has 2 heterocycles. The third kappa shape index (κ3) is 15.3. The van der Waals surface area contributed by atoms with Crippen molar-refractivity contribution in [2.75, 3.05) is 20.6 Å². The van der Waals surface area contributed by atoms with Gasteiger partial charge < -0.3 is 35.6 Å². The van der Waals surface area contributed by atoms with Gasteiger partial charge in [-0.3, -0.25) is 43.3 Å². The van der Waals surface area contributed by atoms with Gasteiger partial charge in [-0.05, 0) is 69.0 Å². The van der Waals surface area contributed by atoms with Gasteiger partial charge in [0.2, 0.25) is 17.7 Å². The largest absolute Gasteiger partial charge is 0.481 e. The first-order valence-corrected chi connectivity index (χ1v) is 23.5. The van der Waals surface area contributed by atoms with Crippen molar-refractivity contribution >= 4 is 63.9 Å². The number of aryl methyl sites for hydroxylation is 1. The highest BCUT2D eigenvalue weighted by molar-refractivity contribution is 6.12. The van der Waals surface area contributed by atoms with E-state index in [0.29, 0.717) is 19.3 Å². The van der Waals surface area contributed by atoms with E-state index in [1.165, 1.54) is 24.0 Å². The third-order valence-corrected chi connectivity index (χ3v) is 12.9. The number of unbranched alkanes of at least 4 members (excludes halogenated alkanes) is 2. The number of rotatable bonds is 28. The number of aliphatic carboxylic acids is 2. The first-order chi connectivity index (χ1) is 31.7. The second-order valence-electron chi connectivity index (χ2n) is 20.0. The number of likely N-dealkylation sites (N-methyl/N-ethyl adjacent to an activating group) is 2. The molecule has 17 nitrogen and oxygen atoms in total. The maximum atomic E-state index is 14.4. The van der Waals surface area contributed by atoms with Crippen LogP contribution in [0.1, 0.15) is 125 Å². The van der Waals surface area contributed by atoms with Crippen LogP contribution in [-0.4, -0.2) is 122 Å². The van der Waals surface area contributed by atoms with Crippen LogP contribution >= 0.6 is 0 Å². The summed E-state index contributed by atoms with van der Waals surface area (Å²) in [6, 6.07) is 4.12. The van der Waals surface area contributed by atoms with Gasteiger partial charge in [0.15, 0.2) is 0 Å². The zero-order valence-electron chi connectivity index (χ0n) is 41.8. The lowest BCUT2D eigenvalue weighted by molar-refractivity contribution is -0.144. The molecule has 0 spiro atoms. The van der Waals surface area contributed by atoms with Crippen LogP contribution < -0.4 is 16.0 Å². The van der Waals surface area contributed by atoms with Gasteiger partial charge >= 0.3 is 11.9 Å². The Hall–Kier alpha value is -5.97. The summed E-state index contributed by atoms with van der Waals surface area (Å²) < 4.78 is 2.02. The highest BCUT2D eigenvalue weighted by Crippen LogP contribution is 2.35. The van der Waals surface area contributed by atoms with Crippen molar-refractivity contribution in [3.8, 4) is 0 Å². The number of para-hydroxylation sites is 1. The van der Waals surface area contributed by atoms with Crippen LogP contribution in [0.5, 0.6) is 0 Å². The fraction of sp³-hybridized carbons (Fsp3) is 0.588. The lowest BCUT2D eigenvalue weighted by atomic mass is 9.76. The molecule has 1 aliphatic rings. The molecule has 0 fully saturated rings. The smallest absolute Gasteiger partial charge is 0.326 e. The van der Waals surface area contributed by atoms with Crippen LogP contribution in [0.4, 0.5) is 0 Å². The number of Topliss-reactive ketones (excluding diaryl/α,β-unsaturated/α-hetero) is 2. The molecule has 1 aliphatic heterocycles. The molecule has 0 aliphatic carbocycles. The number of aromatic nitrogens is 1. The van der Waals surface area contributed by atoms with Crippen molar-refractivity contribution in [1.82, 2.24) is 30.3 Å². The SMILES string of the molecule is CN[C@H](C(=O)N[C@H](C(=O)N(C)[C@H](/C=C(\C)C(=O)N[C@H](CCC(=O)C[C@@H](CCCC(=O)CCCCCN1C(=O)C=CC1=O)C(=O)O)C(=O)O)C(C)C)C(C)(C)C)C(C)(C)c1cn(C)c2ccccc12. The number of nitrogens with zero attached hydrogens (tertiary/aromatic N) is 3. The maximum absolute atomic E-state index is 14.4. The van der Waals surface area contributed by atoms with Gasteiger partial charge in [-0.2, -0.15) is 0 Å². The molecule has 5 amide bonds. The monoisotopic (exact) mass is 947 g/mol. The second-order valence-corrected chi connectivity index (χ2v) is 20.0. The maximum Gasteiger partial charge on any atom is 0.326 e. The molecule has 2 aromatic rings. The summed E-state index contributed by atoms with van der Waals surface area (Å²) in [6.45, 7) is 15.0. The van der Waals surface area contributed by atoms with E-state index >= 15 is 0 Å². The van der Waals surface area contributed by atoms with Gasteiger partial charge in [0.1, 0.15) is 23.7 Å². The van der Waals surface area contributed by atoms with Crippen molar-refractivity contribution in [3.63, 3.8) is 0 Å². The van der Waals surface area contributed by atoms with Crippen molar-refractivity contribution in [1.29, 1.82) is 0 Å². The molecule has 17 heteroatoms. The van der Waals surface area contributed by atoms with Crippen LogP contribution in [0.2, 0.25) is 0 Å². The Labute approximate surface area is 400 Å². The van der Waals surface area contributed by atoms with Crippen molar-refractivity contribution < 1.29 is 53.4 Å². The van der Waals surface area contributed by atoms with Crippen molar-refractivity contribution in [2.24, 2.45) is 24.3 Å². The quantitative estimate of drug-likeness (QED) is 0.0418. The number of carbonyl (C=O) groups excluding carboxylic acids is 7. The number of imide groups is 1. The van der Waals surface area contributed by atoms with Crippen LogP contribution in [0, 0.1) is 17.3 Å². The minimum atomic E-state index is -1.47. The number of nitrogens with one attached hydrogen (secondary N) is 3. The van der Waals surface area contributed by atoms with Crippen molar-refractivity contribution in [3.05, 3.63) is 59.8 Å². The number of carbonyl (C=O) groups is 9. The van der Waals surface area contributed by atoms with Gasteiger partial charge in [-0.1, -0.05) is 79.2 Å². The Morgan fingerprint density at radius 1 is 0.794 bits per heavy atom. The first-order valence-electron chi connectivity index (χ1n) is 23.5. The standard InChI is InChI=1S/C51H74N6O11/c1-31(2)40(56(11)47(64)44(50(4,5)6)54-46(63)43(52-9)51(7,8)37-30-55(10)39-22-15-14-21-36(37)39)28-32(3)45(62)53-38(49(67)68)24-23-35(59)29-33(48(65)66)18-17-20-34(58)19-13-12-16-27-57-41(60)25-26-42(57)61/h14-15,21-22,25-26,28,30-31,33,38,40,43-44,52H,12-13,16-20,23-24,27,29H2,1-11H3,(H,53,62)(H,54,63)(H,65,66)(H,67,68)/b32-28+/t33-,38-,40-,43-,44-/m1/s1. The Kier molecular flexibility index (Phi) is 20.6. The average molecular weight is 947 g/mol. The highest BCUT2D eigenvalue weighted by atomic mass is 16.4. The van der Waals surface area contributed by atoms with E-state index in [-0.39, 0.29) is 86.5 Å². The summed E-state index contributed by atoms with van der Waals surface area (Å²) >= 11 is 0. The molecule has 1 aromatic heterocycles. The number of benzene rings is 1. The lowest BCUT2D eigenvalue weighted by Gasteiger charge is -2.39. The zero-order valence-corrected chi connectivity index (χ0v) is 41.8. The van der Waals surface area contributed by atoms with Crippen LogP contribution in [0.3, 0.4) is 0 Å². The Balaban J connectivity index is 1.59. The van der Waals surface area contributed by atoms with Crippen LogP contribution in [0.15, 0.2) is 54.3 Å². The van der Waals surface area contributed by atoms with E-state index in [1.807, 2.05) is 90.5 Å². The number of fused-ring (bicyclic) bond motifs is 1. The molecule has 0 radical (unpaired) electrons. The zero-order chi connectivity index (χ0) is 51.3. The van der Waals surface area contributed by atoms with E-state index in [4.69, 9.17) is 0 Å². The molecule has 0 saturated heterocycles. The highest BCUT2D eigenvalue weighted by Gasteiger charge is 2.42. The minimum absolute atomic E-state index is 0.0633. The molecule has 5 N–H and O–H groups in total. The van der Waals surface area contributed by atoms with E-state index < -0.39 is 70.5 Å². The van der Waals surface area contributed by atoms with Gasteiger partial charge in [-0.25, -0.2) is 4.79 Å². The third-order valence-electron chi connectivity index (χ3n) is 12.9. The number of hydrogen-bond acceptors (Lipinski definition) is 10. The molecular weight excluding hydrogens is 873 g/mol. The normalized spacial score (nSPS) is 15.5. The number of carboxylic acid groups (broad SMARTS) is 2. The molecule has 0 unspecified atom stereocenters. The summed E-state index contributed by atoms with van der Waals surface area (Å²) in [4.78, 5) is 118. The lowest BCUT2D eigenvalue weighted by Crippen LogP contribution is -2.61. The van der Waals surface area contributed by atoms with E-state index in [9.17, 15) is 53.4 Å². The Bertz CT molecular complexity index is 2230. The predicted octanol–water partition coefficient (Wildman–Crippen LogP) is 5.24. The molecule has 3 rings (SSSR count). The Morgan fingerprint density at radius 2 is 1.41 bits per heavy atom. The van der Waals surface area contributed by atoms with Crippen LogP contribution in [-0.2, 0) is 55.6 Å². The topological polar surface area (TPSA) is 242 Å². The number of amides is 5. The molecule has 0 bridgehead atoms. The molecule has 0 saturated carbocycles. The van der Waals surface area contributed by atoms with Gasteiger partial charge in [0.25, 0.3) is 11.8 Å². The van der Waals surface area contributed by atoms with Crippen molar-refractivity contribution in [2.45, 2.75) is 149 Å². The number of carboxylic acids is 2. The summed E-state index contributed by atoms with van der Waals surface area (Å²) in [7, 11) is 5.26. The first kappa shape index (κ1) is 56.4. The molecule has 5 atom stereocenters. The van der Waals surface area contributed by atoms with Gasteiger partial charge in [0, 0.05) is 86.6 Å². The van der Waals surface area contributed by atoms with E-state index in [2.05, 4.69) is 16.0 Å². The molecule has 1 aromatic carbocycles. The fourth-order valence-corrected chi connectivity index (χ4v) is 8.75. The number of hydrogen-bond donors (Lipinski definition) is 5. The van der Waals surface area contributed by atoms with Gasteiger partial charge in [-0.15, -0.1) is 0 Å². The molecule has 68 heavy (non-hydrogen) atoms.